The van der Waals surface area contributed by atoms with Gasteiger partial charge in [0, 0.05) is 12.2 Å². The zero-order chi connectivity index (χ0) is 12.7. The van der Waals surface area contributed by atoms with Crippen molar-refractivity contribution in [3.8, 4) is 0 Å². The van der Waals surface area contributed by atoms with Crippen LogP contribution in [0.2, 0.25) is 0 Å². The van der Waals surface area contributed by atoms with E-state index in [0.29, 0.717) is 11.9 Å². The molecule has 0 saturated heterocycles. The van der Waals surface area contributed by atoms with Crippen molar-refractivity contribution >= 4 is 5.82 Å². The molecule has 0 radical (unpaired) electrons. The van der Waals surface area contributed by atoms with E-state index in [2.05, 4.69) is 31.1 Å². The van der Waals surface area contributed by atoms with Crippen LogP contribution in [-0.2, 0) is 6.42 Å². The number of pyridine rings is 1. The smallest absolute Gasteiger partial charge is 0.126 e. The van der Waals surface area contributed by atoms with Crippen molar-refractivity contribution in [3.05, 3.63) is 23.4 Å². The van der Waals surface area contributed by atoms with Crippen molar-refractivity contribution in [3.63, 3.8) is 0 Å². The van der Waals surface area contributed by atoms with Crippen LogP contribution in [0.25, 0.3) is 0 Å². The first kappa shape index (κ1) is 14.0. The third-order valence-corrected chi connectivity index (χ3v) is 3.20. The lowest BCUT2D eigenvalue weighted by Gasteiger charge is -2.18. The molecule has 1 aromatic rings. The summed E-state index contributed by atoms with van der Waals surface area (Å²) >= 11 is 0. The van der Waals surface area contributed by atoms with Crippen LogP contribution < -0.4 is 11.1 Å². The number of hydrogen-bond donors (Lipinski definition) is 2. The average Bonchev–Trinajstić information content (AvgIpc) is 2.29. The van der Waals surface area contributed by atoms with E-state index in [0.717, 1.165) is 19.4 Å². The fourth-order valence-electron chi connectivity index (χ4n) is 2.24. The summed E-state index contributed by atoms with van der Waals surface area (Å²) in [5.74, 6) is 0.691. The van der Waals surface area contributed by atoms with Gasteiger partial charge < -0.3 is 11.1 Å². The molecule has 0 spiro atoms. The number of nitrogens with two attached hydrogens (primary N) is 1. The van der Waals surface area contributed by atoms with Gasteiger partial charge in [-0.2, -0.15) is 0 Å². The van der Waals surface area contributed by atoms with Gasteiger partial charge in [0.05, 0.1) is 0 Å². The lowest BCUT2D eigenvalue weighted by molar-refractivity contribution is 0.459. The molecule has 3 N–H and O–H groups in total. The van der Waals surface area contributed by atoms with Gasteiger partial charge in [0.2, 0.25) is 0 Å². The Bertz CT molecular complexity index is 310. The lowest BCUT2D eigenvalue weighted by atomic mass is 9.99. The van der Waals surface area contributed by atoms with Crippen LogP contribution in [0.5, 0.6) is 0 Å². The highest BCUT2D eigenvalue weighted by Gasteiger charge is 2.09. The van der Waals surface area contributed by atoms with Crippen LogP contribution in [-0.4, -0.2) is 17.6 Å². The number of aryl methyl sites for hydroxylation is 1. The molecule has 17 heavy (non-hydrogen) atoms. The summed E-state index contributed by atoms with van der Waals surface area (Å²) in [4.78, 5) is 4.17. The fraction of sp³-hybridized carbons (Fsp3) is 0.643. The molecular formula is C14H25N3. The number of nitrogens with one attached hydrogen (secondary N) is 1. The van der Waals surface area contributed by atoms with Crippen molar-refractivity contribution in [2.75, 3.05) is 12.3 Å². The van der Waals surface area contributed by atoms with Crippen molar-refractivity contribution < 1.29 is 0 Å². The first-order valence-electron chi connectivity index (χ1n) is 6.62. The third-order valence-electron chi connectivity index (χ3n) is 3.20. The molecule has 3 heteroatoms. The third kappa shape index (κ3) is 4.35. The van der Waals surface area contributed by atoms with Crippen molar-refractivity contribution in [2.45, 2.75) is 52.5 Å². The van der Waals surface area contributed by atoms with E-state index in [4.69, 9.17) is 5.73 Å². The maximum absolute atomic E-state index is 5.92. The second-order valence-corrected chi connectivity index (χ2v) is 4.57. The SMILES string of the molecule is CCCC(CCc1c(C)ccnc1N)NCC. The van der Waals surface area contributed by atoms with Gasteiger partial charge >= 0.3 is 0 Å². The van der Waals surface area contributed by atoms with Crippen molar-refractivity contribution in [2.24, 2.45) is 0 Å². The average molecular weight is 235 g/mol. The van der Waals surface area contributed by atoms with E-state index in [-0.39, 0.29) is 0 Å². The van der Waals surface area contributed by atoms with E-state index in [1.54, 1.807) is 6.20 Å². The quantitative estimate of drug-likeness (QED) is 0.764. The highest BCUT2D eigenvalue weighted by Crippen LogP contribution is 2.17. The Labute approximate surface area is 105 Å². The van der Waals surface area contributed by atoms with E-state index in [9.17, 15) is 0 Å². The molecule has 1 heterocycles. The normalized spacial score (nSPS) is 12.6. The molecule has 0 aliphatic heterocycles. The molecule has 0 saturated carbocycles. The van der Waals surface area contributed by atoms with Crippen LogP contribution in [0.3, 0.4) is 0 Å². The van der Waals surface area contributed by atoms with Gasteiger partial charge in [-0.1, -0.05) is 20.3 Å². The lowest BCUT2D eigenvalue weighted by Crippen LogP contribution is -2.29. The molecule has 1 rings (SSSR count). The van der Waals surface area contributed by atoms with Crippen molar-refractivity contribution in [1.29, 1.82) is 0 Å². The Morgan fingerprint density at radius 3 is 2.71 bits per heavy atom. The van der Waals surface area contributed by atoms with Crippen LogP contribution in [0.4, 0.5) is 5.82 Å². The minimum atomic E-state index is 0.601. The summed E-state index contributed by atoms with van der Waals surface area (Å²) in [7, 11) is 0. The second kappa shape index (κ2) is 7.28. The highest BCUT2D eigenvalue weighted by atomic mass is 14.9. The molecule has 3 nitrogen and oxygen atoms in total. The first-order chi connectivity index (χ1) is 8.19. The molecule has 0 aliphatic rings. The molecular weight excluding hydrogens is 210 g/mol. The van der Waals surface area contributed by atoms with Gasteiger partial charge in [-0.3, -0.25) is 0 Å². The zero-order valence-electron chi connectivity index (χ0n) is 11.3. The maximum Gasteiger partial charge on any atom is 0.126 e. The minimum Gasteiger partial charge on any atom is -0.383 e. The molecule has 1 atom stereocenters. The van der Waals surface area contributed by atoms with Crippen LogP contribution >= 0.6 is 0 Å². The van der Waals surface area contributed by atoms with E-state index in [1.807, 2.05) is 6.07 Å². The Balaban J connectivity index is 2.58. The summed E-state index contributed by atoms with van der Waals surface area (Å²) in [5, 5.41) is 3.53. The van der Waals surface area contributed by atoms with Gasteiger partial charge in [0.15, 0.2) is 0 Å². The molecule has 1 unspecified atom stereocenters. The van der Waals surface area contributed by atoms with E-state index >= 15 is 0 Å². The van der Waals surface area contributed by atoms with Gasteiger partial charge in [-0.15, -0.1) is 0 Å². The number of rotatable bonds is 7. The number of nitrogen functional groups attached to an aromatic ring is 1. The van der Waals surface area contributed by atoms with Gasteiger partial charge in [0.25, 0.3) is 0 Å². The van der Waals surface area contributed by atoms with Gasteiger partial charge in [-0.05, 0) is 49.9 Å². The second-order valence-electron chi connectivity index (χ2n) is 4.57. The van der Waals surface area contributed by atoms with Crippen LogP contribution in [0.1, 0.15) is 44.2 Å². The standard InChI is InChI=1S/C14H25N3/c1-4-6-12(16-5-2)7-8-13-11(3)9-10-17-14(13)15/h9-10,12,16H,4-8H2,1-3H3,(H2,15,17). The van der Waals surface area contributed by atoms with Crippen LogP contribution in [0.15, 0.2) is 12.3 Å². The molecule has 0 fully saturated rings. The van der Waals surface area contributed by atoms with Crippen LogP contribution in [0, 0.1) is 6.92 Å². The summed E-state index contributed by atoms with van der Waals surface area (Å²) in [6, 6.07) is 2.64. The predicted octanol–water partition coefficient (Wildman–Crippen LogP) is 2.68. The molecule has 0 amide bonds. The Kier molecular flexibility index (Phi) is 5.98. The Hall–Kier alpha value is -1.09. The van der Waals surface area contributed by atoms with Gasteiger partial charge in [0.1, 0.15) is 5.82 Å². The number of anilines is 1. The van der Waals surface area contributed by atoms with Crippen molar-refractivity contribution in [1.82, 2.24) is 10.3 Å². The first-order valence-corrected chi connectivity index (χ1v) is 6.62. The summed E-state index contributed by atoms with van der Waals surface area (Å²) in [5.41, 5.74) is 8.39. The number of hydrogen-bond acceptors (Lipinski definition) is 3. The number of aromatic nitrogens is 1. The summed E-state index contributed by atoms with van der Waals surface area (Å²) in [6.07, 6.45) is 6.38. The molecule has 0 aliphatic carbocycles. The highest BCUT2D eigenvalue weighted by molar-refractivity contribution is 5.43. The minimum absolute atomic E-state index is 0.601. The Morgan fingerprint density at radius 2 is 2.12 bits per heavy atom. The van der Waals surface area contributed by atoms with Gasteiger partial charge in [-0.25, -0.2) is 4.98 Å². The van der Waals surface area contributed by atoms with E-state index in [1.165, 1.54) is 24.0 Å². The van der Waals surface area contributed by atoms with E-state index < -0.39 is 0 Å². The fourth-order valence-corrected chi connectivity index (χ4v) is 2.24. The summed E-state index contributed by atoms with van der Waals surface area (Å²) in [6.45, 7) is 7.53. The molecule has 96 valence electrons. The maximum atomic E-state index is 5.92. The topological polar surface area (TPSA) is 50.9 Å². The number of nitrogens with zero attached hydrogens (tertiary/aromatic N) is 1. The Morgan fingerprint density at radius 1 is 1.35 bits per heavy atom. The molecule has 0 bridgehead atoms. The largest absolute Gasteiger partial charge is 0.383 e. The summed E-state index contributed by atoms with van der Waals surface area (Å²) < 4.78 is 0. The monoisotopic (exact) mass is 235 g/mol. The molecule has 0 aromatic carbocycles. The zero-order valence-corrected chi connectivity index (χ0v) is 11.3. The molecule has 1 aromatic heterocycles. The predicted molar refractivity (Wildman–Crippen MR) is 74.1 cm³/mol.